The van der Waals surface area contributed by atoms with E-state index >= 15 is 0 Å². The molecule has 4 nitrogen and oxygen atoms in total. The molecular formula is C11H11N3O. The van der Waals surface area contributed by atoms with Gasteiger partial charge in [-0.15, -0.1) is 0 Å². The molecule has 0 bridgehead atoms. The molecule has 76 valence electrons. The van der Waals surface area contributed by atoms with Gasteiger partial charge in [0.05, 0.1) is 11.6 Å². The van der Waals surface area contributed by atoms with Gasteiger partial charge in [-0.2, -0.15) is 5.26 Å². The van der Waals surface area contributed by atoms with Crippen molar-refractivity contribution < 1.29 is 4.79 Å². The highest BCUT2D eigenvalue weighted by Gasteiger charge is 2.13. The molecule has 0 radical (unpaired) electrons. The minimum Gasteiger partial charge on any atom is -0.399 e. The molecular weight excluding hydrogens is 190 g/mol. The van der Waals surface area contributed by atoms with Crippen LogP contribution >= 0.6 is 0 Å². The first-order valence-electron chi connectivity index (χ1n) is 4.52. The molecule has 0 aromatic heterocycles. The minimum atomic E-state index is -0.281. The fourth-order valence-corrected chi connectivity index (χ4v) is 1.20. The van der Waals surface area contributed by atoms with Crippen LogP contribution in [0.1, 0.15) is 24.5 Å². The molecule has 0 aliphatic heterocycles. The van der Waals surface area contributed by atoms with Crippen LogP contribution in [-0.2, 0) is 4.79 Å². The Bertz CT molecular complexity index is 457. The standard InChI is InChI=1S/C11H11N3O/c1-2-10(15)11(14)9-4-3-8(13)5-7(9)6-12/h3-5,14H,2,13H2,1H3. The Morgan fingerprint density at radius 1 is 1.60 bits per heavy atom. The van der Waals surface area contributed by atoms with Gasteiger partial charge in [0.15, 0.2) is 5.78 Å². The Labute approximate surface area is 87.8 Å². The molecule has 1 rings (SSSR count). The number of ketones is 1. The number of Topliss-reactive ketones (excluding diaryl/α,β-unsaturated/α-hetero) is 1. The first-order valence-corrected chi connectivity index (χ1v) is 4.52. The van der Waals surface area contributed by atoms with Crippen LogP contribution in [0.3, 0.4) is 0 Å². The topological polar surface area (TPSA) is 90.7 Å². The smallest absolute Gasteiger partial charge is 0.180 e. The summed E-state index contributed by atoms with van der Waals surface area (Å²) in [4.78, 5) is 11.3. The van der Waals surface area contributed by atoms with E-state index in [1.807, 2.05) is 6.07 Å². The van der Waals surface area contributed by atoms with E-state index in [1.165, 1.54) is 12.1 Å². The number of rotatable bonds is 3. The third-order valence-corrected chi connectivity index (χ3v) is 2.03. The summed E-state index contributed by atoms with van der Waals surface area (Å²) in [6.07, 6.45) is 0.258. The fourth-order valence-electron chi connectivity index (χ4n) is 1.20. The summed E-state index contributed by atoms with van der Waals surface area (Å²) >= 11 is 0. The number of nitrogen functional groups attached to an aromatic ring is 1. The number of carbonyl (C=O) groups is 1. The lowest BCUT2D eigenvalue weighted by molar-refractivity contribution is -0.112. The first kappa shape index (κ1) is 10.9. The van der Waals surface area contributed by atoms with E-state index in [2.05, 4.69) is 0 Å². The summed E-state index contributed by atoms with van der Waals surface area (Å²) in [6, 6.07) is 6.50. The Balaban J connectivity index is 3.21. The average Bonchev–Trinajstić information content (AvgIpc) is 2.26. The van der Waals surface area contributed by atoms with Gasteiger partial charge in [-0.1, -0.05) is 6.92 Å². The normalized spacial score (nSPS) is 9.33. The van der Waals surface area contributed by atoms with Gasteiger partial charge in [-0.3, -0.25) is 10.2 Å². The van der Waals surface area contributed by atoms with Gasteiger partial charge in [-0.25, -0.2) is 0 Å². The summed E-state index contributed by atoms with van der Waals surface area (Å²) in [5.74, 6) is -0.281. The van der Waals surface area contributed by atoms with Gasteiger partial charge in [0.1, 0.15) is 5.71 Å². The van der Waals surface area contributed by atoms with Crippen LogP contribution in [0, 0.1) is 16.7 Å². The zero-order chi connectivity index (χ0) is 11.4. The average molecular weight is 201 g/mol. The van der Waals surface area contributed by atoms with Crippen molar-refractivity contribution in [3.63, 3.8) is 0 Å². The van der Waals surface area contributed by atoms with E-state index in [-0.39, 0.29) is 23.5 Å². The number of nitrogens with one attached hydrogen (secondary N) is 1. The van der Waals surface area contributed by atoms with Crippen LogP contribution in [0.5, 0.6) is 0 Å². The van der Waals surface area contributed by atoms with Crippen molar-refractivity contribution in [1.82, 2.24) is 0 Å². The summed E-state index contributed by atoms with van der Waals surface area (Å²) in [6.45, 7) is 1.68. The van der Waals surface area contributed by atoms with Crippen molar-refractivity contribution in [3.05, 3.63) is 29.3 Å². The van der Waals surface area contributed by atoms with E-state index in [4.69, 9.17) is 16.4 Å². The van der Waals surface area contributed by atoms with E-state index < -0.39 is 0 Å². The maximum absolute atomic E-state index is 11.3. The second-order valence-corrected chi connectivity index (χ2v) is 3.07. The van der Waals surface area contributed by atoms with Gasteiger partial charge in [0.25, 0.3) is 0 Å². The van der Waals surface area contributed by atoms with Gasteiger partial charge >= 0.3 is 0 Å². The van der Waals surface area contributed by atoms with E-state index in [0.29, 0.717) is 11.3 Å². The molecule has 0 atom stereocenters. The van der Waals surface area contributed by atoms with E-state index in [0.717, 1.165) is 0 Å². The molecule has 15 heavy (non-hydrogen) atoms. The molecule has 0 aliphatic carbocycles. The van der Waals surface area contributed by atoms with Crippen LogP contribution in [-0.4, -0.2) is 11.5 Å². The molecule has 1 aromatic carbocycles. The third-order valence-electron chi connectivity index (χ3n) is 2.03. The van der Waals surface area contributed by atoms with Crippen molar-refractivity contribution in [2.45, 2.75) is 13.3 Å². The zero-order valence-corrected chi connectivity index (χ0v) is 8.37. The van der Waals surface area contributed by atoms with Gasteiger partial charge < -0.3 is 5.73 Å². The molecule has 0 saturated heterocycles. The van der Waals surface area contributed by atoms with Crippen LogP contribution in [0.4, 0.5) is 5.69 Å². The zero-order valence-electron chi connectivity index (χ0n) is 8.37. The van der Waals surface area contributed by atoms with Crippen LogP contribution in [0.2, 0.25) is 0 Å². The summed E-state index contributed by atoms with van der Waals surface area (Å²) in [7, 11) is 0. The summed E-state index contributed by atoms with van der Waals surface area (Å²) in [5.41, 5.74) is 6.44. The predicted octanol–water partition coefficient (Wildman–Crippen LogP) is 1.49. The van der Waals surface area contributed by atoms with Gasteiger partial charge in [-0.05, 0) is 18.2 Å². The molecule has 0 heterocycles. The SMILES string of the molecule is CCC(=O)C(=N)c1ccc(N)cc1C#N. The monoisotopic (exact) mass is 201 g/mol. The Hall–Kier alpha value is -2.15. The lowest BCUT2D eigenvalue weighted by Crippen LogP contribution is -2.14. The minimum absolute atomic E-state index is 0.131. The van der Waals surface area contributed by atoms with Crippen LogP contribution in [0.15, 0.2) is 18.2 Å². The van der Waals surface area contributed by atoms with Crippen LogP contribution < -0.4 is 5.73 Å². The highest BCUT2D eigenvalue weighted by atomic mass is 16.1. The van der Waals surface area contributed by atoms with Crippen molar-refractivity contribution >= 4 is 17.2 Å². The number of anilines is 1. The molecule has 0 fully saturated rings. The maximum atomic E-state index is 11.3. The Kier molecular flexibility index (Phi) is 3.19. The molecule has 1 aromatic rings. The largest absolute Gasteiger partial charge is 0.399 e. The van der Waals surface area contributed by atoms with E-state index in [9.17, 15) is 4.79 Å². The van der Waals surface area contributed by atoms with Crippen molar-refractivity contribution in [3.8, 4) is 6.07 Å². The summed E-state index contributed by atoms with van der Waals surface area (Å²) < 4.78 is 0. The quantitative estimate of drug-likeness (QED) is 0.573. The molecule has 0 unspecified atom stereocenters. The molecule has 3 N–H and O–H groups in total. The first-order chi connectivity index (χ1) is 7.10. The number of nitrogens with zero attached hydrogens (tertiary/aromatic N) is 1. The van der Waals surface area contributed by atoms with Gasteiger partial charge in [0.2, 0.25) is 0 Å². The van der Waals surface area contributed by atoms with Crippen LogP contribution in [0.25, 0.3) is 0 Å². The van der Waals surface area contributed by atoms with Crippen molar-refractivity contribution in [1.29, 1.82) is 10.7 Å². The highest BCUT2D eigenvalue weighted by Crippen LogP contribution is 2.14. The molecule has 0 amide bonds. The number of carbonyl (C=O) groups excluding carboxylic acids is 1. The number of nitriles is 1. The fraction of sp³-hybridized carbons (Fsp3) is 0.182. The van der Waals surface area contributed by atoms with Crippen molar-refractivity contribution in [2.75, 3.05) is 5.73 Å². The number of hydrogen-bond donors (Lipinski definition) is 2. The van der Waals surface area contributed by atoms with Gasteiger partial charge in [0, 0.05) is 17.7 Å². The molecule has 0 spiro atoms. The third kappa shape index (κ3) is 2.20. The predicted molar refractivity (Wildman–Crippen MR) is 57.7 cm³/mol. The second kappa shape index (κ2) is 4.38. The molecule has 0 aliphatic rings. The van der Waals surface area contributed by atoms with E-state index in [1.54, 1.807) is 13.0 Å². The molecule has 4 heteroatoms. The number of nitrogens with two attached hydrogens (primary N) is 1. The second-order valence-electron chi connectivity index (χ2n) is 3.07. The summed E-state index contributed by atoms with van der Waals surface area (Å²) in [5, 5.41) is 16.4. The highest BCUT2D eigenvalue weighted by molar-refractivity contribution is 6.45. The Morgan fingerprint density at radius 3 is 2.80 bits per heavy atom. The number of benzene rings is 1. The number of hydrogen-bond acceptors (Lipinski definition) is 4. The lowest BCUT2D eigenvalue weighted by Gasteiger charge is -2.04. The van der Waals surface area contributed by atoms with Crippen molar-refractivity contribution in [2.24, 2.45) is 0 Å². The maximum Gasteiger partial charge on any atom is 0.180 e. The Morgan fingerprint density at radius 2 is 2.27 bits per heavy atom. The molecule has 0 saturated carbocycles. The lowest BCUT2D eigenvalue weighted by atomic mass is 9.99.